The van der Waals surface area contributed by atoms with Gasteiger partial charge in [-0.1, -0.05) is 19.9 Å². The molecule has 0 fully saturated rings. The van der Waals surface area contributed by atoms with E-state index in [9.17, 15) is 19.7 Å². The van der Waals surface area contributed by atoms with E-state index in [4.69, 9.17) is 4.42 Å². The Balaban J connectivity index is 1.74. The highest BCUT2D eigenvalue weighted by Crippen LogP contribution is 2.24. The first-order valence-electron chi connectivity index (χ1n) is 8.31. The number of furan rings is 1. The molecule has 1 N–H and O–H groups in total. The van der Waals surface area contributed by atoms with E-state index in [1.807, 2.05) is 30.9 Å². The fourth-order valence-corrected chi connectivity index (χ4v) is 2.93. The summed E-state index contributed by atoms with van der Waals surface area (Å²) in [6, 6.07) is 7.91. The van der Waals surface area contributed by atoms with Crippen LogP contribution in [-0.2, 0) is 17.8 Å². The van der Waals surface area contributed by atoms with Crippen LogP contribution in [0.4, 0.5) is 11.6 Å². The van der Waals surface area contributed by atoms with Gasteiger partial charge in [-0.25, -0.2) is 0 Å². The molecule has 26 heavy (non-hydrogen) atoms. The average Bonchev–Trinajstić information content (AvgIpc) is 3.11. The van der Waals surface area contributed by atoms with Crippen molar-refractivity contribution in [1.29, 1.82) is 0 Å². The molecule has 1 aliphatic heterocycles. The van der Waals surface area contributed by atoms with E-state index < -0.39 is 16.7 Å². The Kier molecular flexibility index (Phi) is 4.75. The van der Waals surface area contributed by atoms with Gasteiger partial charge in [0.2, 0.25) is 5.91 Å². The zero-order valence-electron chi connectivity index (χ0n) is 14.5. The van der Waals surface area contributed by atoms with E-state index in [-0.39, 0.29) is 17.6 Å². The Hall–Kier alpha value is -3.16. The second-order valence-electron chi connectivity index (χ2n) is 6.50. The molecular weight excluding hydrogens is 338 g/mol. The third-order valence-corrected chi connectivity index (χ3v) is 4.28. The highest BCUT2D eigenvalue weighted by Gasteiger charge is 2.23. The molecule has 0 bridgehead atoms. The summed E-state index contributed by atoms with van der Waals surface area (Å²) in [4.78, 5) is 36.1. The Labute approximate surface area is 149 Å². The van der Waals surface area contributed by atoms with Crippen molar-refractivity contribution in [3.05, 3.63) is 57.3 Å². The second kappa shape index (κ2) is 6.99. The number of rotatable bonds is 4. The number of hydrogen-bond acceptors (Lipinski definition) is 5. The number of fused-ring (bicyclic) bond motifs is 1. The molecular formula is C18H19N3O5. The summed E-state index contributed by atoms with van der Waals surface area (Å²) < 4.78 is 4.90. The highest BCUT2D eigenvalue weighted by molar-refractivity contribution is 6.02. The van der Waals surface area contributed by atoms with Crippen molar-refractivity contribution in [2.75, 3.05) is 11.9 Å². The minimum Gasteiger partial charge on any atom is -0.395 e. The maximum absolute atomic E-state index is 12.2. The van der Waals surface area contributed by atoms with Crippen molar-refractivity contribution in [3.8, 4) is 0 Å². The van der Waals surface area contributed by atoms with Crippen molar-refractivity contribution < 1.29 is 18.9 Å². The van der Waals surface area contributed by atoms with Crippen LogP contribution < -0.4 is 5.32 Å². The summed E-state index contributed by atoms with van der Waals surface area (Å²) in [6.07, 6.45) is 0.770. The molecule has 1 aromatic carbocycles. The summed E-state index contributed by atoms with van der Waals surface area (Å²) in [7, 11) is 0. The van der Waals surface area contributed by atoms with Gasteiger partial charge in [0, 0.05) is 24.7 Å². The summed E-state index contributed by atoms with van der Waals surface area (Å²) in [5.41, 5.74) is 2.67. The van der Waals surface area contributed by atoms with Gasteiger partial charge in [-0.3, -0.25) is 19.7 Å². The molecule has 0 radical (unpaired) electrons. The maximum atomic E-state index is 12.2. The van der Waals surface area contributed by atoms with Crippen LogP contribution in [0.5, 0.6) is 0 Å². The molecule has 2 aromatic rings. The summed E-state index contributed by atoms with van der Waals surface area (Å²) in [6.45, 7) is 4.93. The normalized spacial score (nSPS) is 13.4. The number of carbonyl (C=O) groups excluding carboxylic acids is 2. The lowest BCUT2D eigenvalue weighted by molar-refractivity contribution is -0.402. The molecule has 0 saturated heterocycles. The number of amides is 2. The zero-order valence-corrected chi connectivity index (χ0v) is 14.5. The predicted molar refractivity (Wildman–Crippen MR) is 93.7 cm³/mol. The molecule has 1 aromatic heterocycles. The van der Waals surface area contributed by atoms with Gasteiger partial charge in [0.25, 0.3) is 5.91 Å². The van der Waals surface area contributed by atoms with E-state index in [0.29, 0.717) is 18.8 Å². The molecule has 136 valence electrons. The monoisotopic (exact) mass is 357 g/mol. The average molecular weight is 357 g/mol. The topological polar surface area (TPSA) is 106 Å². The van der Waals surface area contributed by atoms with Gasteiger partial charge in [-0.05, 0) is 35.7 Å². The third kappa shape index (κ3) is 3.58. The molecule has 8 heteroatoms. The van der Waals surface area contributed by atoms with Crippen LogP contribution in [0, 0.1) is 16.0 Å². The lowest BCUT2D eigenvalue weighted by atomic mass is 9.98. The number of benzene rings is 1. The molecule has 8 nitrogen and oxygen atoms in total. The Morgan fingerprint density at radius 1 is 1.23 bits per heavy atom. The zero-order chi connectivity index (χ0) is 18.8. The molecule has 2 amide bonds. The van der Waals surface area contributed by atoms with Crippen molar-refractivity contribution >= 4 is 23.4 Å². The quantitative estimate of drug-likeness (QED) is 0.669. The molecule has 1 aliphatic rings. The van der Waals surface area contributed by atoms with Crippen molar-refractivity contribution in [1.82, 2.24) is 4.90 Å². The fraction of sp³-hybridized carbons (Fsp3) is 0.333. The second-order valence-corrected chi connectivity index (χ2v) is 6.50. The van der Waals surface area contributed by atoms with Crippen LogP contribution in [0.1, 0.15) is 35.5 Å². The lowest BCUT2D eigenvalue weighted by Crippen LogP contribution is -2.38. The number of hydrogen-bond donors (Lipinski definition) is 1. The molecule has 0 atom stereocenters. The van der Waals surface area contributed by atoms with Crippen molar-refractivity contribution in [2.45, 2.75) is 26.8 Å². The van der Waals surface area contributed by atoms with Crippen LogP contribution in [0.2, 0.25) is 0 Å². The van der Waals surface area contributed by atoms with Gasteiger partial charge in [0.1, 0.15) is 4.92 Å². The fourth-order valence-electron chi connectivity index (χ4n) is 2.93. The number of carbonyl (C=O) groups is 2. The molecule has 0 spiro atoms. The van der Waals surface area contributed by atoms with Gasteiger partial charge in [-0.15, -0.1) is 0 Å². The third-order valence-electron chi connectivity index (χ3n) is 4.28. The van der Waals surface area contributed by atoms with Gasteiger partial charge in [-0.2, -0.15) is 0 Å². The van der Waals surface area contributed by atoms with Crippen LogP contribution in [-0.4, -0.2) is 28.2 Å². The van der Waals surface area contributed by atoms with E-state index in [1.165, 1.54) is 6.07 Å². The largest absolute Gasteiger partial charge is 0.433 e. The van der Waals surface area contributed by atoms with Crippen LogP contribution in [0.3, 0.4) is 0 Å². The van der Waals surface area contributed by atoms with Gasteiger partial charge in [0.05, 0.1) is 6.07 Å². The van der Waals surface area contributed by atoms with E-state index in [0.717, 1.165) is 23.6 Å². The number of anilines is 1. The van der Waals surface area contributed by atoms with Crippen molar-refractivity contribution in [2.24, 2.45) is 5.92 Å². The van der Waals surface area contributed by atoms with Crippen molar-refractivity contribution in [3.63, 3.8) is 0 Å². The highest BCUT2D eigenvalue weighted by atomic mass is 16.6. The standard InChI is InChI=1S/C18H19N3O5/c1-11(2)18(23)20-8-7-12-3-4-14(9-13(12)10-20)19-17(22)15-5-6-16(26-15)21(24)25/h3-6,9,11H,7-8,10H2,1-2H3,(H,19,22). The van der Waals surface area contributed by atoms with Crippen LogP contribution in [0.25, 0.3) is 0 Å². The number of nitrogens with one attached hydrogen (secondary N) is 1. The minimum atomic E-state index is -0.698. The predicted octanol–water partition coefficient (Wildman–Crippen LogP) is 2.98. The molecule has 0 unspecified atom stereocenters. The summed E-state index contributed by atoms with van der Waals surface area (Å²) in [5, 5.41) is 13.3. The first-order chi connectivity index (χ1) is 12.3. The van der Waals surface area contributed by atoms with Crippen LogP contribution in [0.15, 0.2) is 34.7 Å². The first-order valence-corrected chi connectivity index (χ1v) is 8.31. The van der Waals surface area contributed by atoms with Gasteiger partial charge in [0.15, 0.2) is 5.76 Å². The van der Waals surface area contributed by atoms with Gasteiger partial charge < -0.3 is 14.6 Å². The number of nitro groups is 1. The van der Waals surface area contributed by atoms with Gasteiger partial charge >= 0.3 is 5.88 Å². The first kappa shape index (κ1) is 17.7. The molecule has 0 saturated carbocycles. The number of nitrogens with zero attached hydrogens (tertiary/aromatic N) is 2. The van der Waals surface area contributed by atoms with E-state index >= 15 is 0 Å². The Morgan fingerprint density at radius 3 is 2.65 bits per heavy atom. The molecule has 0 aliphatic carbocycles. The molecule has 2 heterocycles. The Morgan fingerprint density at radius 2 is 2.00 bits per heavy atom. The maximum Gasteiger partial charge on any atom is 0.433 e. The smallest absolute Gasteiger partial charge is 0.395 e. The van der Waals surface area contributed by atoms with E-state index in [1.54, 1.807) is 6.07 Å². The summed E-state index contributed by atoms with van der Waals surface area (Å²) >= 11 is 0. The van der Waals surface area contributed by atoms with Crippen LogP contribution >= 0.6 is 0 Å². The molecule has 3 rings (SSSR count). The minimum absolute atomic E-state index is 0.0609. The summed E-state index contributed by atoms with van der Waals surface area (Å²) in [5.74, 6) is -1.14. The lowest BCUT2D eigenvalue weighted by Gasteiger charge is -2.30. The Bertz CT molecular complexity index is 871. The SMILES string of the molecule is CC(C)C(=O)N1CCc2ccc(NC(=O)c3ccc([N+](=O)[O-])o3)cc2C1. The van der Waals surface area contributed by atoms with E-state index in [2.05, 4.69) is 5.32 Å².